The number of thiophene rings is 1. The van der Waals surface area contributed by atoms with E-state index in [-0.39, 0.29) is 6.04 Å². The number of hydrogen-bond acceptors (Lipinski definition) is 4. The van der Waals surface area contributed by atoms with Crippen LogP contribution >= 0.6 is 11.3 Å². The minimum Gasteiger partial charge on any atom is -0.493 e. The zero-order valence-corrected chi connectivity index (χ0v) is 13.0. The monoisotopic (exact) mass is 291 g/mol. The van der Waals surface area contributed by atoms with E-state index in [1.54, 1.807) is 18.4 Å². The van der Waals surface area contributed by atoms with Crippen molar-refractivity contribution in [3.8, 4) is 11.5 Å². The Kier molecular flexibility index (Phi) is 5.04. The predicted octanol–water partition coefficient (Wildman–Crippen LogP) is 3.92. The minimum absolute atomic E-state index is 0.0117. The summed E-state index contributed by atoms with van der Waals surface area (Å²) in [6.45, 7) is 4.68. The summed E-state index contributed by atoms with van der Waals surface area (Å²) in [7, 11) is 1.65. The molecule has 108 valence electrons. The molecule has 2 N–H and O–H groups in total. The van der Waals surface area contributed by atoms with Gasteiger partial charge in [-0.15, -0.1) is 11.3 Å². The van der Waals surface area contributed by atoms with E-state index in [1.807, 2.05) is 25.1 Å². The maximum absolute atomic E-state index is 5.88. The summed E-state index contributed by atoms with van der Waals surface area (Å²) in [6.07, 6.45) is 1.07. The molecule has 0 radical (unpaired) electrons. The van der Waals surface area contributed by atoms with Crippen LogP contribution in [0.5, 0.6) is 11.5 Å². The van der Waals surface area contributed by atoms with Crippen molar-refractivity contribution in [3.05, 3.63) is 45.6 Å². The minimum atomic E-state index is -0.0117. The largest absolute Gasteiger partial charge is 0.493 e. The third kappa shape index (κ3) is 3.52. The molecule has 0 aliphatic heterocycles. The highest BCUT2D eigenvalue weighted by Gasteiger charge is 2.09. The molecule has 1 atom stereocenters. The molecule has 0 saturated heterocycles. The van der Waals surface area contributed by atoms with Crippen LogP contribution in [0.3, 0.4) is 0 Å². The Labute approximate surface area is 124 Å². The lowest BCUT2D eigenvalue weighted by Crippen LogP contribution is -2.05. The predicted molar refractivity (Wildman–Crippen MR) is 83.6 cm³/mol. The topological polar surface area (TPSA) is 44.5 Å². The van der Waals surface area contributed by atoms with Gasteiger partial charge in [0.15, 0.2) is 11.5 Å². The van der Waals surface area contributed by atoms with Gasteiger partial charge in [0.2, 0.25) is 0 Å². The standard InChI is InChI=1S/C16H21NO2S/c1-4-13-6-7-14(20-13)10-19-15-8-5-12(11(2)17)9-16(15)18-3/h5-9,11H,4,10,17H2,1-3H3. The summed E-state index contributed by atoms with van der Waals surface area (Å²) in [4.78, 5) is 2.60. The second kappa shape index (κ2) is 6.77. The molecule has 3 nitrogen and oxygen atoms in total. The van der Waals surface area contributed by atoms with Crippen LogP contribution in [0.25, 0.3) is 0 Å². The highest BCUT2D eigenvalue weighted by molar-refractivity contribution is 7.11. The molecule has 0 amide bonds. The van der Waals surface area contributed by atoms with Gasteiger partial charge < -0.3 is 15.2 Å². The van der Waals surface area contributed by atoms with Gasteiger partial charge in [-0.2, -0.15) is 0 Å². The van der Waals surface area contributed by atoms with E-state index in [1.165, 1.54) is 9.75 Å². The van der Waals surface area contributed by atoms with Crippen molar-refractivity contribution in [2.24, 2.45) is 5.73 Å². The smallest absolute Gasteiger partial charge is 0.161 e. The van der Waals surface area contributed by atoms with Crippen LogP contribution in [0.15, 0.2) is 30.3 Å². The van der Waals surface area contributed by atoms with Gasteiger partial charge in [-0.1, -0.05) is 13.0 Å². The molecule has 0 saturated carbocycles. The van der Waals surface area contributed by atoms with Gasteiger partial charge in [0, 0.05) is 15.8 Å². The Morgan fingerprint density at radius 1 is 1.15 bits per heavy atom. The Hall–Kier alpha value is -1.52. The molecule has 4 heteroatoms. The number of nitrogens with two attached hydrogens (primary N) is 1. The fourth-order valence-electron chi connectivity index (χ4n) is 1.93. The maximum atomic E-state index is 5.88. The molecule has 0 bridgehead atoms. The number of hydrogen-bond donors (Lipinski definition) is 1. The van der Waals surface area contributed by atoms with Crippen LogP contribution in [0.4, 0.5) is 0 Å². The Morgan fingerprint density at radius 2 is 1.90 bits per heavy atom. The number of benzene rings is 1. The molecule has 2 aromatic rings. The van der Waals surface area contributed by atoms with E-state index in [0.717, 1.165) is 23.5 Å². The van der Waals surface area contributed by atoms with E-state index in [2.05, 4.69) is 19.1 Å². The van der Waals surface area contributed by atoms with E-state index >= 15 is 0 Å². The molecule has 0 spiro atoms. The van der Waals surface area contributed by atoms with Crippen LogP contribution in [0, 0.1) is 0 Å². The van der Waals surface area contributed by atoms with Gasteiger partial charge >= 0.3 is 0 Å². The van der Waals surface area contributed by atoms with Crippen molar-refractivity contribution in [2.75, 3.05) is 7.11 Å². The van der Waals surface area contributed by atoms with Crippen molar-refractivity contribution < 1.29 is 9.47 Å². The average molecular weight is 291 g/mol. The fourth-order valence-corrected chi connectivity index (χ4v) is 2.80. The maximum Gasteiger partial charge on any atom is 0.161 e. The van der Waals surface area contributed by atoms with E-state index < -0.39 is 0 Å². The number of ether oxygens (including phenoxy) is 2. The van der Waals surface area contributed by atoms with Crippen molar-refractivity contribution in [2.45, 2.75) is 32.9 Å². The van der Waals surface area contributed by atoms with Crippen molar-refractivity contribution in [3.63, 3.8) is 0 Å². The first kappa shape index (κ1) is 14.9. The third-order valence-corrected chi connectivity index (χ3v) is 4.35. The molecule has 2 rings (SSSR count). The van der Waals surface area contributed by atoms with Crippen molar-refractivity contribution in [1.82, 2.24) is 0 Å². The van der Waals surface area contributed by atoms with E-state index in [4.69, 9.17) is 15.2 Å². The van der Waals surface area contributed by atoms with Crippen LogP contribution in [-0.4, -0.2) is 7.11 Å². The molecule has 1 unspecified atom stereocenters. The second-order valence-electron chi connectivity index (χ2n) is 4.71. The quantitative estimate of drug-likeness (QED) is 0.877. The first-order valence-electron chi connectivity index (χ1n) is 6.78. The highest BCUT2D eigenvalue weighted by atomic mass is 32.1. The van der Waals surface area contributed by atoms with Gasteiger partial charge in [0.25, 0.3) is 0 Å². The van der Waals surface area contributed by atoms with Gasteiger partial charge in [0.05, 0.1) is 7.11 Å². The van der Waals surface area contributed by atoms with Gasteiger partial charge in [-0.3, -0.25) is 0 Å². The molecule has 0 aliphatic rings. The molecule has 0 fully saturated rings. The summed E-state index contributed by atoms with van der Waals surface area (Å²) in [5.41, 5.74) is 6.92. The molecule has 0 aliphatic carbocycles. The van der Waals surface area contributed by atoms with Crippen LogP contribution in [0.1, 0.15) is 35.2 Å². The molecular weight excluding hydrogens is 270 g/mol. The molecule has 20 heavy (non-hydrogen) atoms. The Bertz CT molecular complexity index is 563. The number of aryl methyl sites for hydroxylation is 1. The lowest BCUT2D eigenvalue weighted by molar-refractivity contribution is 0.287. The molecular formula is C16H21NO2S. The summed E-state index contributed by atoms with van der Waals surface area (Å²) in [5, 5.41) is 0. The van der Waals surface area contributed by atoms with Gasteiger partial charge in [-0.25, -0.2) is 0 Å². The third-order valence-electron chi connectivity index (χ3n) is 3.15. The summed E-state index contributed by atoms with van der Waals surface area (Å²) in [5.74, 6) is 1.48. The van der Waals surface area contributed by atoms with Gasteiger partial charge in [0.1, 0.15) is 6.61 Å². The summed E-state index contributed by atoms with van der Waals surface area (Å²) in [6, 6.07) is 10.1. The van der Waals surface area contributed by atoms with Crippen molar-refractivity contribution in [1.29, 1.82) is 0 Å². The summed E-state index contributed by atoms with van der Waals surface area (Å²) < 4.78 is 11.2. The number of methoxy groups -OCH3 is 1. The normalized spacial score (nSPS) is 12.2. The highest BCUT2D eigenvalue weighted by Crippen LogP contribution is 2.31. The fraction of sp³-hybridized carbons (Fsp3) is 0.375. The number of rotatable bonds is 6. The first-order chi connectivity index (χ1) is 9.63. The zero-order chi connectivity index (χ0) is 14.5. The van der Waals surface area contributed by atoms with Crippen LogP contribution < -0.4 is 15.2 Å². The summed E-state index contributed by atoms with van der Waals surface area (Å²) >= 11 is 1.79. The SMILES string of the molecule is CCc1ccc(COc2ccc(C(C)N)cc2OC)s1. The first-order valence-corrected chi connectivity index (χ1v) is 7.59. The lowest BCUT2D eigenvalue weighted by Gasteiger charge is -2.13. The van der Waals surface area contributed by atoms with Crippen LogP contribution in [-0.2, 0) is 13.0 Å². The Morgan fingerprint density at radius 3 is 2.50 bits per heavy atom. The molecule has 1 aromatic heterocycles. The lowest BCUT2D eigenvalue weighted by atomic mass is 10.1. The Balaban J connectivity index is 2.08. The van der Waals surface area contributed by atoms with Crippen molar-refractivity contribution >= 4 is 11.3 Å². The average Bonchev–Trinajstić information content (AvgIpc) is 2.92. The molecule has 1 heterocycles. The van der Waals surface area contributed by atoms with E-state index in [9.17, 15) is 0 Å². The van der Waals surface area contributed by atoms with Crippen LogP contribution in [0.2, 0.25) is 0 Å². The van der Waals surface area contributed by atoms with E-state index in [0.29, 0.717) is 6.61 Å². The second-order valence-corrected chi connectivity index (χ2v) is 5.96. The van der Waals surface area contributed by atoms with Gasteiger partial charge in [-0.05, 0) is 43.2 Å². The zero-order valence-electron chi connectivity index (χ0n) is 12.2. The molecule has 1 aromatic carbocycles.